The van der Waals surface area contributed by atoms with Crippen LogP contribution >= 0.6 is 0 Å². The molecule has 1 nitrogen and oxygen atoms in total. The van der Waals surface area contributed by atoms with Gasteiger partial charge in [-0.05, 0) is 0 Å². The van der Waals surface area contributed by atoms with Crippen LogP contribution < -0.4 is 18.8 Å². The molecule has 0 aliphatic carbocycles. The first kappa shape index (κ1) is 71.7. The van der Waals surface area contributed by atoms with Crippen LogP contribution in [0.2, 0.25) is 0 Å². The van der Waals surface area contributed by atoms with Crippen molar-refractivity contribution in [3.8, 4) is 0 Å². The third-order valence-corrected chi connectivity index (χ3v) is 0.707. The average Bonchev–Trinajstić information content (AvgIpc) is 1.88. The van der Waals surface area contributed by atoms with Crippen LogP contribution in [0.4, 0.5) is 0 Å². The molecule has 6 radical (unpaired) electrons. The van der Waals surface area contributed by atoms with Crippen molar-refractivity contribution in [2.45, 2.75) is 39.5 Å². The van der Waals surface area contributed by atoms with Crippen molar-refractivity contribution in [3.05, 3.63) is 13.8 Å². The first-order chi connectivity index (χ1) is 3.83. The molecule has 0 aromatic carbocycles. The van der Waals surface area contributed by atoms with Gasteiger partial charge in [0.2, 0.25) is 0 Å². The van der Waals surface area contributed by atoms with Crippen LogP contribution in [0.25, 0.3) is 0 Å². The van der Waals surface area contributed by atoms with Gasteiger partial charge in [-0.25, -0.2) is 0 Å². The summed E-state index contributed by atoms with van der Waals surface area (Å²) >= 11 is 0. The minimum Gasteiger partial charge on any atom is -1.00 e. The van der Waals surface area contributed by atoms with Crippen LogP contribution in [0.5, 0.6) is 0 Å². The molecule has 0 aliphatic heterocycles. The van der Waals surface area contributed by atoms with Crippen molar-refractivity contribution in [3.63, 3.8) is 0 Å². The van der Waals surface area contributed by atoms with E-state index in [-0.39, 0.29) is 72.1 Å². The molecule has 0 rings (SSSR count). The van der Waals surface area contributed by atoms with Crippen LogP contribution in [-0.2, 0) is 0 Å². The van der Waals surface area contributed by atoms with Crippen molar-refractivity contribution >= 4 is 47.8 Å². The van der Waals surface area contributed by atoms with E-state index in [1.807, 2.05) is 0 Å². The molecule has 0 unspecified atom stereocenters. The van der Waals surface area contributed by atoms with Gasteiger partial charge in [0.1, 0.15) is 0 Å². The number of hydrogen-bond donors (Lipinski definition) is 0. The Morgan fingerprint density at radius 3 is 0.733 bits per heavy atom. The second-order valence-electron chi connectivity index (χ2n) is 1.71. The van der Waals surface area contributed by atoms with E-state index >= 15 is 0 Å². The van der Waals surface area contributed by atoms with E-state index in [1.165, 1.54) is 12.8 Å². The van der Waals surface area contributed by atoms with Crippen LogP contribution in [0.15, 0.2) is 0 Å². The molecule has 0 amide bonds. The van der Waals surface area contributed by atoms with Crippen LogP contribution in [0, 0.1) is 13.8 Å². The Morgan fingerprint density at radius 1 is 0.667 bits per heavy atom. The summed E-state index contributed by atoms with van der Waals surface area (Å²) in [6, 6.07) is 0. The third-order valence-electron chi connectivity index (χ3n) is 0.707. The summed E-state index contributed by atoms with van der Waals surface area (Å²) in [6.07, 6.45) is 4.56. The average molecular weight is 446 g/mol. The standard InChI is InChI=1S/2C4H9.4FH.H2O.2Sn/c2*1-3-4-2;;;;;;;/h2*1,3-4H2,2H3;4*1H;1H2;;/q;;;;;;;2*+2/p-4. The molecule has 0 aromatic heterocycles. The molecule has 2 N–H and O–H groups in total. The number of halogens is 4. The van der Waals surface area contributed by atoms with Gasteiger partial charge in [-0.1, -0.05) is 53.4 Å². The predicted molar refractivity (Wildman–Crippen MR) is 55.7 cm³/mol. The molecular weight excluding hydrogens is 426 g/mol. The minimum absolute atomic E-state index is 0. The van der Waals surface area contributed by atoms with Crippen molar-refractivity contribution in [1.29, 1.82) is 0 Å². The second-order valence-corrected chi connectivity index (χ2v) is 1.71. The summed E-state index contributed by atoms with van der Waals surface area (Å²) in [5.74, 6) is 0. The molecule has 0 bridgehead atoms. The SMILES string of the molecule is O.[CH2]CCC.[CH2]CCC.[F-].[F-].[F-].[F-].[Sn+2].[Sn+2]. The Morgan fingerprint density at radius 2 is 0.733 bits per heavy atom. The Labute approximate surface area is 125 Å². The van der Waals surface area contributed by atoms with E-state index in [2.05, 4.69) is 27.7 Å². The molecular formula is C8H20F4OSn2. The van der Waals surface area contributed by atoms with Crippen LogP contribution in [0.3, 0.4) is 0 Å². The van der Waals surface area contributed by atoms with Crippen molar-refractivity contribution in [1.82, 2.24) is 0 Å². The van der Waals surface area contributed by atoms with E-state index in [0.29, 0.717) is 0 Å². The van der Waals surface area contributed by atoms with Gasteiger partial charge in [-0.15, -0.1) is 0 Å². The summed E-state index contributed by atoms with van der Waals surface area (Å²) in [5.41, 5.74) is 0. The first-order valence-electron chi connectivity index (χ1n) is 3.41. The van der Waals surface area contributed by atoms with E-state index in [0.717, 1.165) is 12.8 Å². The Kier molecular flexibility index (Phi) is 535. The smallest absolute Gasteiger partial charge is 1.00 e. The molecule has 0 aliphatic rings. The largest absolute Gasteiger partial charge is 2.00 e. The predicted octanol–water partition coefficient (Wildman–Crippen LogP) is -10.3. The Balaban J connectivity index is -0.00000000468. The third kappa shape index (κ3) is 251. The number of hydrogen-bond acceptors (Lipinski definition) is 0. The van der Waals surface area contributed by atoms with Gasteiger partial charge in [0.05, 0.1) is 0 Å². The summed E-state index contributed by atoms with van der Waals surface area (Å²) in [5, 5.41) is 0. The molecule has 0 fully saturated rings. The van der Waals surface area contributed by atoms with E-state index in [4.69, 9.17) is 0 Å². The fourth-order valence-electron chi connectivity index (χ4n) is 0. The molecule has 0 spiro atoms. The minimum atomic E-state index is 0. The van der Waals surface area contributed by atoms with Gasteiger partial charge in [0.25, 0.3) is 0 Å². The topological polar surface area (TPSA) is 31.5 Å². The van der Waals surface area contributed by atoms with Crippen LogP contribution in [0.1, 0.15) is 39.5 Å². The first-order valence-corrected chi connectivity index (χ1v) is 3.41. The van der Waals surface area contributed by atoms with E-state index < -0.39 is 0 Å². The summed E-state index contributed by atoms with van der Waals surface area (Å²) in [7, 11) is 0. The Hall–Kier alpha value is 1.28. The molecule has 0 heterocycles. The summed E-state index contributed by atoms with van der Waals surface area (Å²) in [4.78, 5) is 0. The normalized spacial score (nSPS) is 4.00. The number of rotatable bonds is 2. The van der Waals surface area contributed by atoms with E-state index in [1.54, 1.807) is 0 Å². The van der Waals surface area contributed by atoms with Gasteiger partial charge < -0.3 is 24.3 Å². The maximum atomic E-state index is 3.60. The van der Waals surface area contributed by atoms with Gasteiger partial charge in [0.15, 0.2) is 0 Å². The zero-order valence-corrected chi connectivity index (χ0v) is 15.0. The molecule has 7 heteroatoms. The number of unbranched alkanes of at least 4 members (excludes halogenated alkanes) is 2. The van der Waals surface area contributed by atoms with Gasteiger partial charge in [-0.2, -0.15) is 0 Å². The molecule has 0 saturated heterocycles. The molecule has 0 atom stereocenters. The maximum Gasteiger partial charge on any atom is 2.00 e. The van der Waals surface area contributed by atoms with Crippen molar-refractivity contribution in [2.75, 3.05) is 0 Å². The monoisotopic (exact) mass is 448 g/mol. The van der Waals surface area contributed by atoms with Crippen LogP contribution in [-0.4, -0.2) is 53.3 Å². The quantitative estimate of drug-likeness (QED) is 0.299. The molecule has 94 valence electrons. The maximum absolute atomic E-state index is 3.60. The fourth-order valence-corrected chi connectivity index (χ4v) is 0. The van der Waals surface area contributed by atoms with Crippen molar-refractivity contribution < 1.29 is 24.3 Å². The fraction of sp³-hybridized carbons (Fsp3) is 0.750. The summed E-state index contributed by atoms with van der Waals surface area (Å²) < 4.78 is 0. The molecule has 15 heavy (non-hydrogen) atoms. The summed E-state index contributed by atoms with van der Waals surface area (Å²) in [6.45, 7) is 11.4. The molecule has 0 saturated carbocycles. The van der Waals surface area contributed by atoms with Crippen molar-refractivity contribution in [2.24, 2.45) is 0 Å². The molecule has 0 aromatic rings. The zero-order valence-electron chi connectivity index (χ0n) is 9.25. The van der Waals surface area contributed by atoms with Gasteiger partial charge >= 0.3 is 47.8 Å². The second kappa shape index (κ2) is 112. The van der Waals surface area contributed by atoms with E-state index in [9.17, 15) is 0 Å². The Bertz CT molecular complexity index is 32.6. The zero-order chi connectivity index (χ0) is 6.83. The van der Waals surface area contributed by atoms with Gasteiger partial charge in [-0.3, -0.25) is 0 Å². The van der Waals surface area contributed by atoms with Gasteiger partial charge in [0, 0.05) is 0 Å².